The topological polar surface area (TPSA) is 25.8 Å². The zero-order valence-corrected chi connectivity index (χ0v) is 10.0. The first-order valence-corrected chi connectivity index (χ1v) is 6.43. The molecule has 0 saturated heterocycles. The number of fused-ring (bicyclic) bond motifs is 1. The molecule has 0 spiro atoms. The first-order valence-electron chi connectivity index (χ1n) is 5.23. The maximum absolute atomic E-state index is 6.13. The van der Waals surface area contributed by atoms with Gasteiger partial charge in [-0.1, -0.05) is 18.5 Å². The second kappa shape index (κ2) is 3.42. The molecule has 1 saturated carbocycles. The van der Waals surface area contributed by atoms with Crippen molar-refractivity contribution in [3.63, 3.8) is 0 Å². The van der Waals surface area contributed by atoms with E-state index in [0.717, 1.165) is 28.4 Å². The van der Waals surface area contributed by atoms with Crippen molar-refractivity contribution in [3.8, 4) is 0 Å². The summed E-state index contributed by atoms with van der Waals surface area (Å²) in [5.41, 5.74) is 0. The first kappa shape index (κ1) is 9.55. The Morgan fingerprint density at radius 3 is 2.93 bits per heavy atom. The van der Waals surface area contributed by atoms with Crippen LogP contribution >= 0.6 is 22.9 Å². The highest BCUT2D eigenvalue weighted by atomic mass is 35.5. The van der Waals surface area contributed by atoms with Gasteiger partial charge in [0.15, 0.2) is 0 Å². The Morgan fingerprint density at radius 2 is 2.27 bits per heavy atom. The van der Waals surface area contributed by atoms with Crippen molar-refractivity contribution >= 4 is 33.2 Å². The van der Waals surface area contributed by atoms with E-state index in [4.69, 9.17) is 11.6 Å². The molecule has 78 valence electrons. The lowest BCUT2D eigenvalue weighted by Gasteiger charge is -1.96. The van der Waals surface area contributed by atoms with Crippen LogP contribution in [0.25, 0.3) is 10.2 Å². The van der Waals surface area contributed by atoms with Crippen LogP contribution in [0.15, 0.2) is 6.07 Å². The number of nitrogens with zero attached hydrogens (tertiary/aromatic N) is 2. The van der Waals surface area contributed by atoms with E-state index in [1.54, 1.807) is 11.3 Å². The standard InChI is InChI=1S/C11H11ClN2S/c1-2-9-13-10(12)7-5-8(6-3-4-6)15-11(7)14-9/h5-6H,2-4H2,1H3. The van der Waals surface area contributed by atoms with Crippen molar-refractivity contribution in [1.29, 1.82) is 0 Å². The Bertz CT molecular complexity index is 517. The molecule has 4 heteroatoms. The van der Waals surface area contributed by atoms with Gasteiger partial charge in [0.25, 0.3) is 0 Å². The van der Waals surface area contributed by atoms with Crippen LogP contribution < -0.4 is 0 Å². The predicted molar refractivity (Wildman–Crippen MR) is 63.8 cm³/mol. The quantitative estimate of drug-likeness (QED) is 0.744. The lowest BCUT2D eigenvalue weighted by atomic mass is 10.3. The number of aryl methyl sites for hydroxylation is 1. The summed E-state index contributed by atoms with van der Waals surface area (Å²) in [6, 6.07) is 2.17. The van der Waals surface area contributed by atoms with Crippen molar-refractivity contribution in [3.05, 3.63) is 21.9 Å². The van der Waals surface area contributed by atoms with Gasteiger partial charge in [0.2, 0.25) is 0 Å². The van der Waals surface area contributed by atoms with Crippen molar-refractivity contribution in [1.82, 2.24) is 9.97 Å². The largest absolute Gasteiger partial charge is 0.222 e. The van der Waals surface area contributed by atoms with Crippen molar-refractivity contribution < 1.29 is 0 Å². The van der Waals surface area contributed by atoms with Crippen LogP contribution in [0.5, 0.6) is 0 Å². The Hall–Kier alpha value is -0.670. The minimum atomic E-state index is 0.611. The van der Waals surface area contributed by atoms with Gasteiger partial charge in [0.1, 0.15) is 15.8 Å². The number of aromatic nitrogens is 2. The normalized spacial score (nSPS) is 16.1. The molecule has 15 heavy (non-hydrogen) atoms. The van der Waals surface area contributed by atoms with Crippen molar-refractivity contribution in [2.24, 2.45) is 0 Å². The van der Waals surface area contributed by atoms with E-state index in [-0.39, 0.29) is 0 Å². The van der Waals surface area contributed by atoms with Crippen LogP contribution in [0.3, 0.4) is 0 Å². The van der Waals surface area contributed by atoms with Crippen LogP contribution in [-0.4, -0.2) is 9.97 Å². The number of rotatable bonds is 2. The van der Waals surface area contributed by atoms with Gasteiger partial charge in [0, 0.05) is 16.7 Å². The molecule has 0 amide bonds. The molecule has 0 radical (unpaired) electrons. The summed E-state index contributed by atoms with van der Waals surface area (Å²) in [7, 11) is 0. The summed E-state index contributed by atoms with van der Waals surface area (Å²) < 4.78 is 0. The second-order valence-electron chi connectivity index (χ2n) is 3.93. The van der Waals surface area contributed by atoms with Crippen molar-refractivity contribution in [2.45, 2.75) is 32.1 Å². The van der Waals surface area contributed by atoms with Gasteiger partial charge in [0.05, 0.1) is 0 Å². The molecule has 1 aliphatic carbocycles. The van der Waals surface area contributed by atoms with E-state index < -0.39 is 0 Å². The average Bonchev–Trinajstić information content (AvgIpc) is 2.98. The SMILES string of the molecule is CCc1nc(Cl)c2cc(C3CC3)sc2n1. The van der Waals surface area contributed by atoms with Gasteiger partial charge < -0.3 is 0 Å². The molecule has 2 aromatic heterocycles. The fourth-order valence-corrected chi connectivity index (χ4v) is 3.19. The lowest BCUT2D eigenvalue weighted by Crippen LogP contribution is -1.91. The summed E-state index contributed by atoms with van der Waals surface area (Å²) in [6.07, 6.45) is 3.48. The highest BCUT2D eigenvalue weighted by Crippen LogP contribution is 2.45. The number of thiophene rings is 1. The number of hydrogen-bond donors (Lipinski definition) is 0. The van der Waals surface area contributed by atoms with Gasteiger partial charge in [-0.15, -0.1) is 11.3 Å². The summed E-state index contributed by atoms with van der Waals surface area (Å²) in [5, 5.41) is 1.64. The smallest absolute Gasteiger partial charge is 0.141 e. The van der Waals surface area contributed by atoms with Gasteiger partial charge in [-0.25, -0.2) is 9.97 Å². The minimum absolute atomic E-state index is 0.611. The second-order valence-corrected chi connectivity index (χ2v) is 5.35. The first-order chi connectivity index (χ1) is 7.28. The maximum Gasteiger partial charge on any atom is 0.141 e. The van der Waals surface area contributed by atoms with E-state index in [0.29, 0.717) is 5.15 Å². The maximum atomic E-state index is 6.13. The lowest BCUT2D eigenvalue weighted by molar-refractivity contribution is 0.965. The van der Waals surface area contributed by atoms with Crippen LogP contribution in [0.1, 0.15) is 36.4 Å². The molecular weight excluding hydrogens is 228 g/mol. The third-order valence-corrected chi connectivity index (χ3v) is 4.19. The summed E-state index contributed by atoms with van der Waals surface area (Å²) in [5.74, 6) is 1.61. The van der Waals surface area contributed by atoms with E-state index >= 15 is 0 Å². The number of halogens is 1. The summed E-state index contributed by atoms with van der Waals surface area (Å²) in [6.45, 7) is 2.05. The van der Waals surface area contributed by atoms with E-state index in [2.05, 4.69) is 16.0 Å². The molecule has 0 aliphatic heterocycles. The molecule has 0 aromatic carbocycles. The molecule has 1 aliphatic rings. The van der Waals surface area contributed by atoms with Crippen LogP contribution in [0.2, 0.25) is 5.15 Å². The van der Waals surface area contributed by atoms with E-state index in [1.165, 1.54) is 17.7 Å². The van der Waals surface area contributed by atoms with Crippen LogP contribution in [0.4, 0.5) is 0 Å². The average molecular weight is 239 g/mol. The third-order valence-electron chi connectivity index (χ3n) is 2.71. The predicted octanol–water partition coefficient (Wildman–Crippen LogP) is 3.78. The zero-order valence-electron chi connectivity index (χ0n) is 8.46. The van der Waals surface area contributed by atoms with E-state index in [1.807, 2.05) is 6.92 Å². The molecule has 2 heterocycles. The molecule has 0 atom stereocenters. The van der Waals surface area contributed by atoms with Crippen LogP contribution in [0, 0.1) is 0 Å². The Balaban J connectivity index is 2.19. The molecule has 1 fully saturated rings. The number of hydrogen-bond acceptors (Lipinski definition) is 3. The minimum Gasteiger partial charge on any atom is -0.222 e. The molecule has 0 bridgehead atoms. The third kappa shape index (κ3) is 1.64. The summed E-state index contributed by atoms with van der Waals surface area (Å²) >= 11 is 7.91. The van der Waals surface area contributed by atoms with Crippen molar-refractivity contribution in [2.75, 3.05) is 0 Å². The Kier molecular flexibility index (Phi) is 2.18. The molecule has 2 aromatic rings. The molecule has 0 N–H and O–H groups in total. The summed E-state index contributed by atoms with van der Waals surface area (Å²) in [4.78, 5) is 11.3. The fraction of sp³-hybridized carbons (Fsp3) is 0.455. The van der Waals surface area contributed by atoms with Crippen LogP contribution in [-0.2, 0) is 6.42 Å². The molecule has 0 unspecified atom stereocenters. The fourth-order valence-electron chi connectivity index (χ4n) is 1.67. The Morgan fingerprint density at radius 1 is 1.47 bits per heavy atom. The highest BCUT2D eigenvalue weighted by molar-refractivity contribution is 7.18. The van der Waals surface area contributed by atoms with Gasteiger partial charge >= 0.3 is 0 Å². The Labute approximate surface area is 97.3 Å². The molecule has 2 nitrogen and oxygen atoms in total. The van der Waals surface area contributed by atoms with Gasteiger partial charge in [-0.3, -0.25) is 0 Å². The highest BCUT2D eigenvalue weighted by Gasteiger charge is 2.26. The monoisotopic (exact) mass is 238 g/mol. The van der Waals surface area contributed by atoms with Gasteiger partial charge in [-0.2, -0.15) is 0 Å². The van der Waals surface area contributed by atoms with Gasteiger partial charge in [-0.05, 0) is 24.8 Å². The molecular formula is C11H11ClN2S. The zero-order chi connectivity index (χ0) is 10.4. The molecule has 3 rings (SSSR count). The van der Waals surface area contributed by atoms with E-state index in [9.17, 15) is 0 Å².